The Labute approximate surface area is 118 Å². The molecule has 0 saturated heterocycles. The summed E-state index contributed by atoms with van der Waals surface area (Å²) in [5.41, 5.74) is 6.16. The Kier molecular flexibility index (Phi) is 3.00. The normalized spacial score (nSPS) is 21.0. The molecule has 2 unspecified atom stereocenters. The van der Waals surface area contributed by atoms with Crippen LogP contribution in [-0.4, -0.2) is 30.9 Å². The van der Waals surface area contributed by atoms with Crippen LogP contribution in [0, 0.1) is 5.82 Å². The van der Waals surface area contributed by atoms with Crippen LogP contribution in [0.3, 0.4) is 0 Å². The van der Waals surface area contributed by atoms with Gasteiger partial charge in [-0.05, 0) is 30.5 Å². The highest BCUT2D eigenvalue weighted by atomic mass is 19.1. The fourth-order valence-corrected chi connectivity index (χ4v) is 2.68. The number of fused-ring (bicyclic) bond motifs is 1. The number of aliphatic carboxylic acids is 1. The van der Waals surface area contributed by atoms with E-state index in [1.54, 1.807) is 6.07 Å². The number of aromatic hydroxyl groups is 1. The molecule has 0 spiro atoms. The number of nitrogens with two attached hydrogens (primary N) is 1. The third-order valence-corrected chi connectivity index (χ3v) is 3.67. The molecule has 2 aromatic rings. The number of aromatic nitrogens is 3. The molecule has 110 valence electrons. The first-order chi connectivity index (χ1) is 9.97. The SMILES string of the molecule is Nc1nc2n(n1)C(C(=O)O)CCC2c1ccc(O)c(F)c1. The zero-order chi connectivity index (χ0) is 15.1. The number of benzene rings is 1. The van der Waals surface area contributed by atoms with Crippen molar-refractivity contribution in [2.45, 2.75) is 24.8 Å². The minimum Gasteiger partial charge on any atom is -0.505 e. The second-order valence-electron chi connectivity index (χ2n) is 4.97. The number of nitrogens with zero attached hydrogens (tertiary/aromatic N) is 3. The molecule has 0 radical (unpaired) electrons. The number of carboxylic acids is 1. The van der Waals surface area contributed by atoms with E-state index in [0.717, 1.165) is 0 Å². The van der Waals surface area contributed by atoms with Crippen molar-refractivity contribution in [2.24, 2.45) is 0 Å². The van der Waals surface area contributed by atoms with E-state index in [1.165, 1.54) is 16.8 Å². The first kappa shape index (κ1) is 13.3. The van der Waals surface area contributed by atoms with Crippen molar-refractivity contribution >= 4 is 11.9 Å². The number of hydrogen-bond acceptors (Lipinski definition) is 5. The van der Waals surface area contributed by atoms with E-state index in [1.807, 2.05) is 0 Å². The van der Waals surface area contributed by atoms with Gasteiger partial charge in [0.15, 0.2) is 17.6 Å². The number of carboxylic acid groups (broad SMARTS) is 1. The molecule has 0 amide bonds. The summed E-state index contributed by atoms with van der Waals surface area (Å²) < 4.78 is 14.8. The lowest BCUT2D eigenvalue weighted by molar-refractivity contribution is -0.141. The van der Waals surface area contributed by atoms with Gasteiger partial charge in [-0.2, -0.15) is 4.98 Å². The zero-order valence-corrected chi connectivity index (χ0v) is 10.9. The topological polar surface area (TPSA) is 114 Å². The minimum absolute atomic E-state index is 0.0117. The number of anilines is 1. The van der Waals surface area contributed by atoms with Crippen molar-refractivity contribution in [1.82, 2.24) is 14.8 Å². The van der Waals surface area contributed by atoms with Crippen LogP contribution in [0.15, 0.2) is 18.2 Å². The summed E-state index contributed by atoms with van der Waals surface area (Å²) in [6, 6.07) is 3.25. The van der Waals surface area contributed by atoms with Crippen molar-refractivity contribution < 1.29 is 19.4 Å². The third-order valence-electron chi connectivity index (χ3n) is 3.67. The number of carbonyl (C=O) groups is 1. The van der Waals surface area contributed by atoms with Crippen LogP contribution in [-0.2, 0) is 4.79 Å². The van der Waals surface area contributed by atoms with Crippen molar-refractivity contribution in [3.63, 3.8) is 0 Å². The Balaban J connectivity index is 2.06. The van der Waals surface area contributed by atoms with Gasteiger partial charge < -0.3 is 15.9 Å². The second kappa shape index (κ2) is 4.72. The molecule has 1 aromatic heterocycles. The number of rotatable bonds is 2. The monoisotopic (exact) mass is 292 g/mol. The van der Waals surface area contributed by atoms with Crippen molar-refractivity contribution in [3.05, 3.63) is 35.4 Å². The minimum atomic E-state index is -1.00. The Hall–Kier alpha value is -2.64. The second-order valence-corrected chi connectivity index (χ2v) is 4.97. The fraction of sp³-hybridized carbons (Fsp3) is 0.308. The summed E-state index contributed by atoms with van der Waals surface area (Å²) in [7, 11) is 0. The number of nitrogen functional groups attached to an aromatic ring is 1. The van der Waals surface area contributed by atoms with Crippen LogP contribution in [0.1, 0.15) is 36.2 Å². The summed E-state index contributed by atoms with van der Waals surface area (Å²) >= 11 is 0. The van der Waals surface area contributed by atoms with E-state index in [9.17, 15) is 19.4 Å². The Morgan fingerprint density at radius 2 is 2.19 bits per heavy atom. The lowest BCUT2D eigenvalue weighted by Crippen LogP contribution is -2.28. The highest BCUT2D eigenvalue weighted by molar-refractivity contribution is 5.72. The molecule has 3 rings (SSSR count). The van der Waals surface area contributed by atoms with E-state index < -0.39 is 23.6 Å². The highest BCUT2D eigenvalue weighted by Gasteiger charge is 2.35. The lowest BCUT2D eigenvalue weighted by Gasteiger charge is -2.26. The van der Waals surface area contributed by atoms with Crippen LogP contribution < -0.4 is 5.73 Å². The maximum atomic E-state index is 13.5. The summed E-state index contributed by atoms with van der Waals surface area (Å²) in [4.78, 5) is 15.3. The molecule has 0 saturated carbocycles. The highest BCUT2D eigenvalue weighted by Crippen LogP contribution is 2.38. The van der Waals surface area contributed by atoms with Gasteiger partial charge in [0, 0.05) is 5.92 Å². The number of phenols is 1. The first-order valence-corrected chi connectivity index (χ1v) is 6.40. The predicted octanol–water partition coefficient (Wildman–Crippen LogP) is 1.26. The standard InChI is InChI=1S/C13H13FN4O3/c14-8-5-6(1-4-10(8)19)7-2-3-9(12(20)21)18-11(7)16-13(15)17-18/h1,4-5,7,9,19H,2-3H2,(H2,15,17)(H,20,21). The van der Waals surface area contributed by atoms with Crippen molar-refractivity contribution in [1.29, 1.82) is 0 Å². The Morgan fingerprint density at radius 3 is 2.86 bits per heavy atom. The van der Waals surface area contributed by atoms with Gasteiger partial charge in [0.1, 0.15) is 5.82 Å². The molecule has 1 aliphatic heterocycles. The summed E-state index contributed by atoms with van der Waals surface area (Å²) in [6.07, 6.45) is 0.831. The van der Waals surface area contributed by atoms with E-state index in [-0.39, 0.29) is 11.9 Å². The molecular formula is C13H13FN4O3. The smallest absolute Gasteiger partial charge is 0.328 e. The van der Waals surface area contributed by atoms with Crippen LogP contribution in [0.5, 0.6) is 5.75 Å². The van der Waals surface area contributed by atoms with Crippen LogP contribution in [0.2, 0.25) is 0 Å². The third kappa shape index (κ3) is 2.18. The van der Waals surface area contributed by atoms with Gasteiger partial charge in [-0.25, -0.2) is 13.9 Å². The average Bonchev–Trinajstić information content (AvgIpc) is 2.81. The molecule has 1 aromatic carbocycles. The Bertz CT molecular complexity index is 715. The molecule has 4 N–H and O–H groups in total. The maximum Gasteiger partial charge on any atom is 0.328 e. The van der Waals surface area contributed by atoms with Gasteiger partial charge in [-0.15, -0.1) is 5.10 Å². The largest absolute Gasteiger partial charge is 0.505 e. The number of hydrogen-bond donors (Lipinski definition) is 3. The molecule has 7 nitrogen and oxygen atoms in total. The molecule has 0 aliphatic carbocycles. The van der Waals surface area contributed by atoms with Crippen molar-refractivity contribution in [2.75, 3.05) is 5.73 Å². The average molecular weight is 292 g/mol. The molecule has 2 heterocycles. The quantitative estimate of drug-likeness (QED) is 0.767. The lowest BCUT2D eigenvalue weighted by atomic mass is 9.88. The molecule has 0 bridgehead atoms. The van der Waals surface area contributed by atoms with E-state index in [2.05, 4.69) is 10.1 Å². The van der Waals surface area contributed by atoms with E-state index in [4.69, 9.17) is 5.73 Å². The molecule has 1 aliphatic rings. The molecule has 8 heteroatoms. The summed E-state index contributed by atoms with van der Waals surface area (Å²) in [6.45, 7) is 0. The zero-order valence-electron chi connectivity index (χ0n) is 10.9. The first-order valence-electron chi connectivity index (χ1n) is 6.40. The predicted molar refractivity (Wildman–Crippen MR) is 70.2 cm³/mol. The number of phenolic OH excluding ortho intramolecular Hbond substituents is 1. The summed E-state index contributed by atoms with van der Waals surface area (Å²) in [5.74, 6) is -2.08. The van der Waals surface area contributed by atoms with Gasteiger partial charge in [-0.1, -0.05) is 6.07 Å². The number of halogens is 1. The molecule has 2 atom stereocenters. The maximum absolute atomic E-state index is 13.5. The summed E-state index contributed by atoms with van der Waals surface area (Å²) in [5, 5.41) is 22.4. The molecule has 0 fully saturated rings. The van der Waals surface area contributed by atoms with Gasteiger partial charge >= 0.3 is 5.97 Å². The van der Waals surface area contributed by atoms with Crippen LogP contribution in [0.25, 0.3) is 0 Å². The van der Waals surface area contributed by atoms with Gasteiger partial charge in [0.25, 0.3) is 0 Å². The van der Waals surface area contributed by atoms with E-state index >= 15 is 0 Å². The van der Waals surface area contributed by atoms with Gasteiger partial charge in [0.2, 0.25) is 5.95 Å². The van der Waals surface area contributed by atoms with Crippen LogP contribution >= 0.6 is 0 Å². The van der Waals surface area contributed by atoms with Crippen LogP contribution in [0.4, 0.5) is 10.3 Å². The molecule has 21 heavy (non-hydrogen) atoms. The fourth-order valence-electron chi connectivity index (χ4n) is 2.68. The van der Waals surface area contributed by atoms with Gasteiger partial charge in [-0.3, -0.25) is 0 Å². The van der Waals surface area contributed by atoms with Crippen molar-refractivity contribution in [3.8, 4) is 5.75 Å². The molecular weight excluding hydrogens is 279 g/mol. The van der Waals surface area contributed by atoms with Gasteiger partial charge in [0.05, 0.1) is 0 Å². The van der Waals surface area contributed by atoms with E-state index in [0.29, 0.717) is 24.2 Å². The Morgan fingerprint density at radius 1 is 1.43 bits per heavy atom.